The highest BCUT2D eigenvalue weighted by atomic mass is 16.5. The average Bonchev–Trinajstić information content (AvgIpc) is 2.73. The van der Waals surface area contributed by atoms with Gasteiger partial charge in [-0.3, -0.25) is 0 Å². The Balaban J connectivity index is 1.67. The zero-order chi connectivity index (χ0) is 19.8. The Hall–Kier alpha value is -3.60. The van der Waals surface area contributed by atoms with Gasteiger partial charge in [-0.15, -0.1) is 0 Å². The third kappa shape index (κ3) is 4.98. The van der Waals surface area contributed by atoms with Gasteiger partial charge in [0.05, 0.1) is 17.7 Å². The Morgan fingerprint density at radius 3 is 2.00 bits per heavy atom. The van der Waals surface area contributed by atoms with Crippen LogP contribution in [0.15, 0.2) is 78.9 Å². The molecule has 0 aromatic heterocycles. The topological polar surface area (TPSA) is 61.8 Å². The van der Waals surface area contributed by atoms with Crippen LogP contribution in [-0.4, -0.2) is 18.5 Å². The third-order valence-electron chi connectivity index (χ3n) is 3.89. The van der Waals surface area contributed by atoms with Gasteiger partial charge in [-0.05, 0) is 48.9 Å². The molecule has 0 heterocycles. The molecule has 0 bridgehead atoms. The van der Waals surface area contributed by atoms with E-state index in [1.54, 1.807) is 37.3 Å². The van der Waals surface area contributed by atoms with E-state index in [0.717, 1.165) is 11.3 Å². The summed E-state index contributed by atoms with van der Waals surface area (Å²) in [6, 6.07) is 23.1. The Morgan fingerprint density at radius 1 is 0.714 bits per heavy atom. The van der Waals surface area contributed by atoms with Crippen molar-refractivity contribution in [3.63, 3.8) is 0 Å². The molecular weight excluding hydrogens is 356 g/mol. The summed E-state index contributed by atoms with van der Waals surface area (Å²) >= 11 is 0. The van der Waals surface area contributed by atoms with Crippen LogP contribution in [0.3, 0.4) is 0 Å². The Bertz CT molecular complexity index is 950. The fourth-order valence-corrected chi connectivity index (χ4v) is 2.60. The van der Waals surface area contributed by atoms with Gasteiger partial charge in [-0.25, -0.2) is 9.59 Å². The molecule has 3 aromatic carbocycles. The van der Waals surface area contributed by atoms with Gasteiger partial charge in [0.2, 0.25) is 0 Å². The number of hydrogen-bond acceptors (Lipinski definition) is 5. The van der Waals surface area contributed by atoms with Crippen molar-refractivity contribution in [1.82, 2.24) is 0 Å². The first-order chi connectivity index (χ1) is 13.7. The standard InChI is InChI=1S/C23H20O5/c1-2-26-22(24)20-13-6-7-14-21(20)23(25)27-16-17-9-8-12-19(15-17)28-18-10-4-3-5-11-18/h3-15H,2,16H2,1H3. The first-order valence-corrected chi connectivity index (χ1v) is 8.92. The lowest BCUT2D eigenvalue weighted by atomic mass is 10.1. The molecule has 0 atom stereocenters. The minimum atomic E-state index is -0.585. The van der Waals surface area contributed by atoms with Crippen LogP contribution in [0.2, 0.25) is 0 Å². The van der Waals surface area contributed by atoms with E-state index < -0.39 is 11.9 Å². The fourth-order valence-electron chi connectivity index (χ4n) is 2.60. The fraction of sp³-hybridized carbons (Fsp3) is 0.130. The molecule has 0 fully saturated rings. The molecular formula is C23H20O5. The minimum Gasteiger partial charge on any atom is -0.462 e. The predicted octanol–water partition coefficient (Wildman–Crippen LogP) is 5.01. The second-order valence-electron chi connectivity index (χ2n) is 5.90. The first-order valence-electron chi connectivity index (χ1n) is 8.92. The average molecular weight is 376 g/mol. The van der Waals surface area contributed by atoms with Crippen molar-refractivity contribution >= 4 is 11.9 Å². The highest BCUT2D eigenvalue weighted by molar-refractivity contribution is 6.03. The van der Waals surface area contributed by atoms with Crippen molar-refractivity contribution in [2.45, 2.75) is 13.5 Å². The highest BCUT2D eigenvalue weighted by Crippen LogP contribution is 2.22. The molecule has 5 nitrogen and oxygen atoms in total. The number of carbonyl (C=O) groups is 2. The molecule has 3 rings (SSSR count). The number of esters is 2. The summed E-state index contributed by atoms with van der Waals surface area (Å²) in [6.45, 7) is 2.00. The van der Waals surface area contributed by atoms with E-state index in [0.29, 0.717) is 5.75 Å². The molecule has 0 saturated carbocycles. The van der Waals surface area contributed by atoms with E-state index in [4.69, 9.17) is 14.2 Å². The van der Waals surface area contributed by atoms with Crippen LogP contribution in [0, 0.1) is 0 Å². The van der Waals surface area contributed by atoms with Crippen molar-refractivity contribution < 1.29 is 23.8 Å². The molecule has 28 heavy (non-hydrogen) atoms. The molecule has 0 radical (unpaired) electrons. The van der Waals surface area contributed by atoms with Crippen LogP contribution >= 0.6 is 0 Å². The zero-order valence-electron chi connectivity index (χ0n) is 15.5. The second-order valence-corrected chi connectivity index (χ2v) is 5.90. The minimum absolute atomic E-state index is 0.0575. The summed E-state index contributed by atoms with van der Waals surface area (Å²) in [4.78, 5) is 24.5. The maximum atomic E-state index is 12.5. The van der Waals surface area contributed by atoms with Crippen molar-refractivity contribution in [3.05, 3.63) is 95.6 Å². The summed E-state index contributed by atoms with van der Waals surface area (Å²) in [5, 5.41) is 0. The number of ether oxygens (including phenoxy) is 3. The molecule has 5 heteroatoms. The van der Waals surface area contributed by atoms with Crippen molar-refractivity contribution in [3.8, 4) is 11.5 Å². The number of hydrogen-bond donors (Lipinski definition) is 0. The largest absolute Gasteiger partial charge is 0.462 e. The van der Waals surface area contributed by atoms with Crippen molar-refractivity contribution in [1.29, 1.82) is 0 Å². The summed E-state index contributed by atoms with van der Waals surface area (Å²) in [5.41, 5.74) is 1.14. The summed E-state index contributed by atoms with van der Waals surface area (Å²) in [5.74, 6) is 0.234. The van der Waals surface area contributed by atoms with Crippen molar-refractivity contribution in [2.24, 2.45) is 0 Å². The summed E-state index contributed by atoms with van der Waals surface area (Å²) in [7, 11) is 0. The predicted molar refractivity (Wildman–Crippen MR) is 104 cm³/mol. The van der Waals surface area contributed by atoms with Gasteiger partial charge in [0.1, 0.15) is 18.1 Å². The van der Waals surface area contributed by atoms with E-state index in [2.05, 4.69) is 0 Å². The summed E-state index contributed by atoms with van der Waals surface area (Å²) < 4.78 is 16.2. The molecule has 0 aliphatic carbocycles. The number of benzene rings is 3. The quantitative estimate of drug-likeness (QED) is 0.542. The Labute approximate surface area is 163 Å². The molecule has 0 aliphatic heterocycles. The van der Waals surface area contributed by atoms with E-state index in [-0.39, 0.29) is 24.3 Å². The molecule has 0 saturated heterocycles. The smallest absolute Gasteiger partial charge is 0.339 e. The number of carbonyl (C=O) groups excluding carboxylic acids is 2. The van der Waals surface area contributed by atoms with Gasteiger partial charge in [0, 0.05) is 0 Å². The monoisotopic (exact) mass is 376 g/mol. The molecule has 142 valence electrons. The van der Waals surface area contributed by atoms with Crippen molar-refractivity contribution in [2.75, 3.05) is 6.61 Å². The molecule has 0 aliphatic rings. The summed E-state index contributed by atoms with van der Waals surface area (Å²) in [6.07, 6.45) is 0. The molecule has 0 N–H and O–H groups in total. The lowest BCUT2D eigenvalue weighted by Crippen LogP contribution is -2.14. The van der Waals surface area contributed by atoms with E-state index in [1.807, 2.05) is 48.5 Å². The van der Waals surface area contributed by atoms with Gasteiger partial charge >= 0.3 is 11.9 Å². The van der Waals surface area contributed by atoms with E-state index in [1.165, 1.54) is 0 Å². The Kier molecular flexibility index (Phi) is 6.41. The number of rotatable bonds is 7. The SMILES string of the molecule is CCOC(=O)c1ccccc1C(=O)OCc1cccc(Oc2ccccc2)c1. The van der Waals surface area contributed by atoms with Crippen LogP contribution in [0.5, 0.6) is 11.5 Å². The number of para-hydroxylation sites is 1. The molecule has 0 spiro atoms. The lowest BCUT2D eigenvalue weighted by molar-refractivity contribution is 0.0445. The van der Waals surface area contributed by atoms with Crippen LogP contribution in [0.25, 0.3) is 0 Å². The van der Waals surface area contributed by atoms with Gasteiger partial charge in [-0.2, -0.15) is 0 Å². The highest BCUT2D eigenvalue weighted by Gasteiger charge is 2.18. The van der Waals surface area contributed by atoms with Gasteiger partial charge in [0.25, 0.3) is 0 Å². The maximum Gasteiger partial charge on any atom is 0.339 e. The lowest BCUT2D eigenvalue weighted by Gasteiger charge is -2.10. The molecule has 0 amide bonds. The van der Waals surface area contributed by atoms with Gasteiger partial charge in [0.15, 0.2) is 0 Å². The molecule has 3 aromatic rings. The maximum absolute atomic E-state index is 12.5. The van der Waals surface area contributed by atoms with Crippen LogP contribution in [-0.2, 0) is 16.1 Å². The molecule has 0 unspecified atom stereocenters. The second kappa shape index (κ2) is 9.37. The third-order valence-corrected chi connectivity index (χ3v) is 3.89. The van der Waals surface area contributed by atoms with E-state index >= 15 is 0 Å². The zero-order valence-corrected chi connectivity index (χ0v) is 15.5. The van der Waals surface area contributed by atoms with Crippen LogP contribution < -0.4 is 4.74 Å². The first kappa shape index (κ1) is 19.2. The van der Waals surface area contributed by atoms with E-state index in [9.17, 15) is 9.59 Å². The van der Waals surface area contributed by atoms with Gasteiger partial charge < -0.3 is 14.2 Å². The Morgan fingerprint density at radius 2 is 1.32 bits per heavy atom. The normalized spacial score (nSPS) is 10.2. The van der Waals surface area contributed by atoms with Gasteiger partial charge in [-0.1, -0.05) is 42.5 Å². The van der Waals surface area contributed by atoms with Crippen LogP contribution in [0.1, 0.15) is 33.2 Å². The van der Waals surface area contributed by atoms with Crippen LogP contribution in [0.4, 0.5) is 0 Å².